The second kappa shape index (κ2) is 5.63. The van der Waals surface area contributed by atoms with Crippen LogP contribution < -0.4 is 10.6 Å². The molecule has 2 N–H and O–H groups in total. The molecule has 0 unspecified atom stereocenters. The van der Waals surface area contributed by atoms with Gasteiger partial charge in [0.2, 0.25) is 0 Å². The van der Waals surface area contributed by atoms with Crippen molar-refractivity contribution in [2.75, 3.05) is 18.4 Å². The highest BCUT2D eigenvalue weighted by atomic mass is 35.5. The third kappa shape index (κ3) is 2.88. The number of carbonyl (C=O) groups excluding carboxylic acids is 1. The van der Waals surface area contributed by atoms with Crippen LogP contribution in [0.15, 0.2) is 18.3 Å². The molecular formula is C13H13Cl2N5O. The summed E-state index contributed by atoms with van der Waals surface area (Å²) in [5, 5.41) is 14.6. The van der Waals surface area contributed by atoms with Gasteiger partial charge in [0, 0.05) is 18.1 Å². The summed E-state index contributed by atoms with van der Waals surface area (Å²) in [5.41, 5.74) is 1.55. The van der Waals surface area contributed by atoms with Crippen molar-refractivity contribution >= 4 is 34.8 Å². The highest BCUT2D eigenvalue weighted by molar-refractivity contribution is 6.36. The summed E-state index contributed by atoms with van der Waals surface area (Å²) < 4.78 is 1.69. The summed E-state index contributed by atoms with van der Waals surface area (Å²) in [6.07, 6.45) is 1.63. The van der Waals surface area contributed by atoms with Gasteiger partial charge in [-0.2, -0.15) is 0 Å². The van der Waals surface area contributed by atoms with Gasteiger partial charge in [-0.15, -0.1) is 5.10 Å². The number of nitrogens with one attached hydrogen (secondary N) is 2. The molecule has 8 heteroatoms. The van der Waals surface area contributed by atoms with Crippen LogP contribution in [0.2, 0.25) is 10.0 Å². The first-order valence-electron chi connectivity index (χ1n) is 6.44. The van der Waals surface area contributed by atoms with Crippen molar-refractivity contribution in [1.29, 1.82) is 0 Å². The predicted molar refractivity (Wildman–Crippen MR) is 81.1 cm³/mol. The van der Waals surface area contributed by atoms with E-state index in [1.54, 1.807) is 23.0 Å². The van der Waals surface area contributed by atoms with Crippen molar-refractivity contribution < 1.29 is 4.79 Å². The molecule has 1 aromatic carbocycles. The molecule has 3 rings (SSSR count). The average molecular weight is 326 g/mol. The van der Waals surface area contributed by atoms with Crippen LogP contribution in [0, 0.1) is 6.92 Å². The molecule has 110 valence electrons. The van der Waals surface area contributed by atoms with Crippen LogP contribution in [-0.4, -0.2) is 34.0 Å². The Morgan fingerprint density at radius 2 is 2.14 bits per heavy atom. The van der Waals surface area contributed by atoms with Crippen LogP contribution in [0.4, 0.5) is 5.69 Å². The van der Waals surface area contributed by atoms with Gasteiger partial charge in [-0.05, 0) is 24.6 Å². The first-order chi connectivity index (χ1) is 10.0. The van der Waals surface area contributed by atoms with Gasteiger partial charge in [-0.25, -0.2) is 4.68 Å². The number of aromatic nitrogens is 3. The van der Waals surface area contributed by atoms with E-state index in [0.29, 0.717) is 15.7 Å². The minimum absolute atomic E-state index is 0.245. The highest BCUT2D eigenvalue weighted by Crippen LogP contribution is 2.29. The maximum Gasteiger partial charge on any atom is 0.277 e. The van der Waals surface area contributed by atoms with E-state index < -0.39 is 0 Å². The Bertz CT molecular complexity index is 696. The summed E-state index contributed by atoms with van der Waals surface area (Å²) in [7, 11) is 0. The number of hydrogen-bond donors (Lipinski definition) is 2. The Morgan fingerprint density at radius 1 is 1.38 bits per heavy atom. The minimum atomic E-state index is -0.365. The molecule has 0 aliphatic carbocycles. The molecule has 0 saturated carbocycles. The second-order valence-electron chi connectivity index (χ2n) is 4.93. The van der Waals surface area contributed by atoms with Gasteiger partial charge in [0.25, 0.3) is 5.91 Å². The van der Waals surface area contributed by atoms with E-state index in [1.165, 1.54) is 0 Å². The number of hydrogen-bond acceptors (Lipinski definition) is 4. The van der Waals surface area contributed by atoms with Crippen molar-refractivity contribution in [3.63, 3.8) is 0 Å². The summed E-state index contributed by atoms with van der Waals surface area (Å²) in [6, 6.07) is 3.59. The monoisotopic (exact) mass is 325 g/mol. The molecule has 0 radical (unpaired) electrons. The molecule has 0 bridgehead atoms. The Kier molecular flexibility index (Phi) is 3.84. The number of halogens is 2. The molecular weight excluding hydrogens is 313 g/mol. The number of anilines is 1. The van der Waals surface area contributed by atoms with E-state index in [-0.39, 0.29) is 17.6 Å². The molecule has 21 heavy (non-hydrogen) atoms. The van der Waals surface area contributed by atoms with Crippen molar-refractivity contribution in [2.45, 2.75) is 13.0 Å². The molecule has 1 saturated heterocycles. The lowest BCUT2D eigenvalue weighted by Gasteiger charge is -2.26. The fourth-order valence-corrected chi connectivity index (χ4v) is 2.38. The zero-order valence-corrected chi connectivity index (χ0v) is 12.7. The maximum absolute atomic E-state index is 12.2. The summed E-state index contributed by atoms with van der Waals surface area (Å²) in [5.74, 6) is -0.365. The largest absolute Gasteiger partial charge is 0.319 e. The maximum atomic E-state index is 12.2. The van der Waals surface area contributed by atoms with Crippen LogP contribution in [0.5, 0.6) is 0 Å². The number of carbonyl (C=O) groups is 1. The first kappa shape index (κ1) is 14.3. The number of aryl methyl sites for hydroxylation is 1. The van der Waals surface area contributed by atoms with Gasteiger partial charge in [-0.3, -0.25) is 4.79 Å². The van der Waals surface area contributed by atoms with Crippen molar-refractivity contribution in [3.8, 4) is 0 Å². The molecule has 2 aromatic rings. The van der Waals surface area contributed by atoms with Crippen molar-refractivity contribution in [1.82, 2.24) is 20.3 Å². The fourth-order valence-electron chi connectivity index (χ4n) is 1.95. The predicted octanol–water partition coefficient (Wildman–Crippen LogP) is 2.29. The van der Waals surface area contributed by atoms with Gasteiger partial charge in [0.15, 0.2) is 5.69 Å². The average Bonchev–Trinajstić information content (AvgIpc) is 2.83. The molecule has 1 aromatic heterocycles. The topological polar surface area (TPSA) is 71.8 Å². The van der Waals surface area contributed by atoms with E-state index in [2.05, 4.69) is 20.9 Å². The summed E-state index contributed by atoms with van der Waals surface area (Å²) >= 11 is 12.1. The molecule has 1 aliphatic heterocycles. The Hall–Kier alpha value is -1.63. The number of rotatable bonds is 3. The summed E-state index contributed by atoms with van der Waals surface area (Å²) in [4.78, 5) is 12.2. The Balaban J connectivity index is 1.76. The molecule has 6 nitrogen and oxygen atoms in total. The molecule has 1 aliphatic rings. The van der Waals surface area contributed by atoms with Gasteiger partial charge < -0.3 is 10.6 Å². The first-order valence-corrected chi connectivity index (χ1v) is 7.20. The third-order valence-electron chi connectivity index (χ3n) is 3.37. The zero-order chi connectivity index (χ0) is 15.0. The van der Waals surface area contributed by atoms with Gasteiger partial charge in [0.1, 0.15) is 0 Å². The van der Waals surface area contributed by atoms with Gasteiger partial charge >= 0.3 is 0 Å². The van der Waals surface area contributed by atoms with Crippen LogP contribution >= 0.6 is 23.2 Å². The van der Waals surface area contributed by atoms with Gasteiger partial charge in [0.05, 0.1) is 22.9 Å². The highest BCUT2D eigenvalue weighted by Gasteiger charge is 2.22. The molecule has 0 spiro atoms. The van der Waals surface area contributed by atoms with Gasteiger partial charge in [-0.1, -0.05) is 28.4 Å². The van der Waals surface area contributed by atoms with E-state index in [4.69, 9.17) is 23.2 Å². The van der Waals surface area contributed by atoms with E-state index >= 15 is 0 Å². The van der Waals surface area contributed by atoms with E-state index in [1.807, 2.05) is 6.92 Å². The Labute approximate surface area is 131 Å². The van der Waals surface area contributed by atoms with Crippen molar-refractivity contribution in [2.24, 2.45) is 0 Å². The number of benzene rings is 1. The third-order valence-corrected chi connectivity index (χ3v) is 4.09. The molecule has 0 atom stereocenters. The molecule has 1 amide bonds. The summed E-state index contributed by atoms with van der Waals surface area (Å²) in [6.45, 7) is 3.52. The van der Waals surface area contributed by atoms with Crippen molar-refractivity contribution in [3.05, 3.63) is 39.6 Å². The quantitative estimate of drug-likeness (QED) is 0.908. The standard InChI is InChI=1S/C13H13Cl2N5O/c1-7-2-10(15)11(3-9(7)14)17-13(21)12-6-20(19-18-12)8-4-16-5-8/h2-3,6,8,16H,4-5H2,1H3,(H,17,21). The number of nitrogens with zero attached hydrogens (tertiary/aromatic N) is 3. The smallest absolute Gasteiger partial charge is 0.277 e. The van der Waals surface area contributed by atoms with Crippen LogP contribution in [0.1, 0.15) is 22.1 Å². The van der Waals surface area contributed by atoms with E-state index in [0.717, 1.165) is 18.7 Å². The SMILES string of the molecule is Cc1cc(Cl)c(NC(=O)c2cn(C3CNC3)nn2)cc1Cl. The minimum Gasteiger partial charge on any atom is -0.319 e. The van der Waals surface area contributed by atoms with E-state index in [9.17, 15) is 4.79 Å². The lowest BCUT2D eigenvalue weighted by Crippen LogP contribution is -2.43. The zero-order valence-electron chi connectivity index (χ0n) is 11.2. The van der Waals surface area contributed by atoms with Crippen LogP contribution in [-0.2, 0) is 0 Å². The lowest BCUT2D eigenvalue weighted by molar-refractivity contribution is 0.102. The van der Waals surface area contributed by atoms with Crippen LogP contribution in [0.3, 0.4) is 0 Å². The fraction of sp³-hybridized carbons (Fsp3) is 0.308. The second-order valence-corrected chi connectivity index (χ2v) is 5.75. The lowest BCUT2D eigenvalue weighted by atomic mass is 10.2. The Morgan fingerprint density at radius 3 is 2.81 bits per heavy atom. The number of amides is 1. The molecule has 2 heterocycles. The van der Waals surface area contributed by atoms with Crippen LogP contribution in [0.25, 0.3) is 0 Å². The normalized spacial score (nSPS) is 14.8. The molecule has 1 fully saturated rings.